The summed E-state index contributed by atoms with van der Waals surface area (Å²) in [5.74, 6) is 0.647. The summed E-state index contributed by atoms with van der Waals surface area (Å²) in [6.45, 7) is 6.64. The molecule has 1 saturated heterocycles. The third kappa shape index (κ3) is 4.65. The Kier molecular flexibility index (Phi) is 6.14. The molecule has 3 N–H and O–H groups in total. The van der Waals surface area contributed by atoms with Crippen molar-refractivity contribution >= 4 is 5.96 Å². The van der Waals surface area contributed by atoms with E-state index in [1.807, 2.05) is 0 Å². The van der Waals surface area contributed by atoms with Gasteiger partial charge in [0.1, 0.15) is 0 Å². The van der Waals surface area contributed by atoms with E-state index in [2.05, 4.69) is 29.1 Å². The van der Waals surface area contributed by atoms with E-state index in [0.29, 0.717) is 24.1 Å². The highest BCUT2D eigenvalue weighted by Gasteiger charge is 2.22. The molecule has 1 saturated carbocycles. The maximum atomic E-state index is 6.04. The van der Waals surface area contributed by atoms with E-state index in [-0.39, 0.29) is 0 Å². The third-order valence-electron chi connectivity index (χ3n) is 4.90. The van der Waals surface area contributed by atoms with E-state index in [0.717, 1.165) is 6.54 Å². The van der Waals surface area contributed by atoms with Crippen LogP contribution < -0.4 is 11.1 Å². The molecular formula is C16H32N4. The first-order chi connectivity index (χ1) is 9.66. The molecule has 1 aliphatic heterocycles. The molecule has 2 aliphatic rings. The Balaban J connectivity index is 1.75. The Bertz CT molecular complexity index is 310. The summed E-state index contributed by atoms with van der Waals surface area (Å²) in [4.78, 5) is 7.15. The van der Waals surface area contributed by atoms with Crippen molar-refractivity contribution in [1.29, 1.82) is 0 Å². The number of piperidine rings is 1. The first-order valence-corrected chi connectivity index (χ1v) is 8.49. The summed E-state index contributed by atoms with van der Waals surface area (Å²) in [6, 6.07) is 1.75. The summed E-state index contributed by atoms with van der Waals surface area (Å²) in [6.07, 6.45) is 10.5. The molecule has 0 aromatic rings. The van der Waals surface area contributed by atoms with Crippen molar-refractivity contribution in [2.24, 2.45) is 10.7 Å². The van der Waals surface area contributed by atoms with Gasteiger partial charge in [0.2, 0.25) is 0 Å². The Labute approximate surface area is 124 Å². The molecule has 116 valence electrons. The van der Waals surface area contributed by atoms with Crippen LogP contribution in [0.3, 0.4) is 0 Å². The molecule has 2 rings (SSSR count). The van der Waals surface area contributed by atoms with Gasteiger partial charge in [-0.05, 0) is 46.1 Å². The van der Waals surface area contributed by atoms with Crippen molar-refractivity contribution in [3.63, 3.8) is 0 Å². The average molecular weight is 280 g/mol. The molecule has 0 radical (unpaired) electrons. The van der Waals surface area contributed by atoms with Gasteiger partial charge in [0.15, 0.2) is 5.96 Å². The van der Waals surface area contributed by atoms with Gasteiger partial charge in [-0.25, -0.2) is 0 Å². The molecule has 4 heteroatoms. The molecule has 2 atom stereocenters. The van der Waals surface area contributed by atoms with Crippen LogP contribution in [0.15, 0.2) is 4.99 Å². The second-order valence-corrected chi connectivity index (χ2v) is 6.64. The molecule has 0 spiro atoms. The van der Waals surface area contributed by atoms with Crippen LogP contribution in [0.4, 0.5) is 0 Å². The lowest BCUT2D eigenvalue weighted by Gasteiger charge is -2.37. The summed E-state index contributed by atoms with van der Waals surface area (Å²) in [5.41, 5.74) is 6.04. The zero-order valence-electron chi connectivity index (χ0n) is 13.3. The summed E-state index contributed by atoms with van der Waals surface area (Å²) in [5, 5.41) is 3.40. The summed E-state index contributed by atoms with van der Waals surface area (Å²) in [7, 11) is 0. The maximum absolute atomic E-state index is 6.04. The standard InChI is InChI=1S/C16H32N4/c1-13-8-6-7-11-20(13)14(2)12-18-16(17)19-15-9-4-3-5-10-15/h13-15H,3-12H2,1-2H3,(H3,17,18,19). The number of likely N-dealkylation sites (tertiary alicyclic amines) is 1. The number of hydrogen-bond acceptors (Lipinski definition) is 2. The Morgan fingerprint density at radius 1 is 1.20 bits per heavy atom. The average Bonchev–Trinajstić information content (AvgIpc) is 2.46. The van der Waals surface area contributed by atoms with Gasteiger partial charge in [-0.2, -0.15) is 0 Å². The van der Waals surface area contributed by atoms with Crippen LogP contribution in [0, 0.1) is 0 Å². The third-order valence-corrected chi connectivity index (χ3v) is 4.90. The summed E-state index contributed by atoms with van der Waals surface area (Å²) < 4.78 is 0. The topological polar surface area (TPSA) is 53.6 Å². The number of hydrogen-bond donors (Lipinski definition) is 2. The molecule has 1 heterocycles. The Hall–Kier alpha value is -0.770. The molecule has 0 bridgehead atoms. The predicted molar refractivity (Wildman–Crippen MR) is 86.0 cm³/mol. The van der Waals surface area contributed by atoms with Gasteiger partial charge in [-0.15, -0.1) is 0 Å². The number of nitrogens with one attached hydrogen (secondary N) is 1. The van der Waals surface area contributed by atoms with Crippen molar-refractivity contribution in [3.05, 3.63) is 0 Å². The van der Waals surface area contributed by atoms with Crippen molar-refractivity contribution in [2.45, 2.75) is 83.3 Å². The lowest BCUT2D eigenvalue weighted by atomic mass is 9.96. The van der Waals surface area contributed by atoms with Crippen molar-refractivity contribution < 1.29 is 0 Å². The number of nitrogens with zero attached hydrogens (tertiary/aromatic N) is 2. The Morgan fingerprint density at radius 2 is 1.90 bits per heavy atom. The fourth-order valence-corrected chi connectivity index (χ4v) is 3.61. The fraction of sp³-hybridized carbons (Fsp3) is 0.938. The van der Waals surface area contributed by atoms with E-state index < -0.39 is 0 Å². The van der Waals surface area contributed by atoms with Gasteiger partial charge in [0, 0.05) is 18.1 Å². The predicted octanol–water partition coefficient (Wildman–Crippen LogP) is 2.49. The smallest absolute Gasteiger partial charge is 0.188 e. The van der Waals surface area contributed by atoms with E-state index in [1.54, 1.807) is 0 Å². The number of aliphatic imine (C=N–C) groups is 1. The largest absolute Gasteiger partial charge is 0.370 e. The minimum atomic E-state index is 0.497. The van der Waals surface area contributed by atoms with Crippen LogP contribution in [0.2, 0.25) is 0 Å². The van der Waals surface area contributed by atoms with Gasteiger partial charge in [-0.3, -0.25) is 9.89 Å². The van der Waals surface area contributed by atoms with Crippen LogP contribution in [0.5, 0.6) is 0 Å². The second-order valence-electron chi connectivity index (χ2n) is 6.64. The van der Waals surface area contributed by atoms with Crippen LogP contribution in [-0.2, 0) is 0 Å². The highest BCUT2D eigenvalue weighted by Crippen LogP contribution is 2.19. The molecule has 0 aromatic heterocycles. The zero-order chi connectivity index (χ0) is 14.4. The molecule has 4 nitrogen and oxygen atoms in total. The molecule has 20 heavy (non-hydrogen) atoms. The minimum absolute atomic E-state index is 0.497. The molecular weight excluding hydrogens is 248 g/mol. The normalized spacial score (nSPS) is 28.3. The monoisotopic (exact) mass is 280 g/mol. The van der Waals surface area contributed by atoms with Gasteiger partial charge in [-0.1, -0.05) is 25.7 Å². The highest BCUT2D eigenvalue weighted by atomic mass is 15.2. The van der Waals surface area contributed by atoms with E-state index >= 15 is 0 Å². The van der Waals surface area contributed by atoms with Crippen LogP contribution in [0.25, 0.3) is 0 Å². The van der Waals surface area contributed by atoms with E-state index in [9.17, 15) is 0 Å². The van der Waals surface area contributed by atoms with E-state index in [1.165, 1.54) is 57.9 Å². The van der Waals surface area contributed by atoms with Crippen molar-refractivity contribution in [2.75, 3.05) is 13.1 Å². The lowest BCUT2D eigenvalue weighted by molar-refractivity contribution is 0.118. The van der Waals surface area contributed by atoms with Crippen molar-refractivity contribution in [1.82, 2.24) is 10.2 Å². The molecule has 2 unspecified atom stereocenters. The quantitative estimate of drug-likeness (QED) is 0.614. The first-order valence-electron chi connectivity index (χ1n) is 8.49. The van der Waals surface area contributed by atoms with Crippen LogP contribution in [0.1, 0.15) is 65.2 Å². The Morgan fingerprint density at radius 3 is 2.60 bits per heavy atom. The number of rotatable bonds is 4. The van der Waals surface area contributed by atoms with Crippen LogP contribution >= 0.6 is 0 Å². The first kappa shape index (κ1) is 15.6. The molecule has 2 fully saturated rings. The highest BCUT2D eigenvalue weighted by molar-refractivity contribution is 5.78. The van der Waals surface area contributed by atoms with E-state index in [4.69, 9.17) is 5.73 Å². The van der Waals surface area contributed by atoms with Gasteiger partial charge in [0.05, 0.1) is 6.54 Å². The molecule has 0 aromatic carbocycles. The van der Waals surface area contributed by atoms with Crippen LogP contribution in [-0.4, -0.2) is 42.1 Å². The molecule has 1 aliphatic carbocycles. The zero-order valence-corrected chi connectivity index (χ0v) is 13.3. The lowest BCUT2D eigenvalue weighted by Crippen LogP contribution is -2.46. The minimum Gasteiger partial charge on any atom is -0.370 e. The number of guanidine groups is 1. The summed E-state index contributed by atoms with van der Waals surface area (Å²) >= 11 is 0. The molecule has 0 amide bonds. The second kappa shape index (κ2) is 7.87. The van der Waals surface area contributed by atoms with Crippen molar-refractivity contribution in [3.8, 4) is 0 Å². The van der Waals surface area contributed by atoms with Gasteiger partial charge in [0.25, 0.3) is 0 Å². The van der Waals surface area contributed by atoms with Gasteiger partial charge < -0.3 is 11.1 Å². The number of nitrogens with two attached hydrogens (primary N) is 1. The SMILES string of the molecule is CC1CCCCN1C(C)CN=C(N)NC1CCCCC1. The maximum Gasteiger partial charge on any atom is 0.188 e. The van der Waals surface area contributed by atoms with Gasteiger partial charge >= 0.3 is 0 Å². The fourth-order valence-electron chi connectivity index (χ4n) is 3.61.